The molecule has 3 rings (SSSR count). The van der Waals surface area contributed by atoms with Gasteiger partial charge in [0.2, 0.25) is 0 Å². The molecule has 21 heavy (non-hydrogen) atoms. The van der Waals surface area contributed by atoms with E-state index in [2.05, 4.69) is 6.58 Å². The largest absolute Gasteiger partial charge is 0.459 e. The Kier molecular flexibility index (Phi) is 3.22. The summed E-state index contributed by atoms with van der Waals surface area (Å²) in [5, 5.41) is 31.5. The van der Waals surface area contributed by atoms with Gasteiger partial charge in [0.05, 0.1) is 17.6 Å². The highest BCUT2D eigenvalue weighted by Gasteiger charge is 2.61. The van der Waals surface area contributed by atoms with E-state index < -0.39 is 47.5 Å². The van der Waals surface area contributed by atoms with Crippen LogP contribution in [0.4, 0.5) is 0 Å². The molecule has 0 unspecified atom stereocenters. The number of rotatable bonds is 0. The number of ether oxygens (including phenoxy) is 2. The quantitative estimate of drug-likeness (QED) is 0.434. The predicted octanol–water partition coefficient (Wildman–Crippen LogP) is 0.103. The standard InChI is InChI=1S/C15H22O6/c1-7-4-9(16)10-8(2)13(17)20-11(10)12-14(3,18)6-15(19,5-7)21-12/h8-12,16,18-19H,1,4-6H2,2-3H3/t8-,9-,10+,11-,12+,14+,15-/m0/s1. The zero-order chi connectivity index (χ0) is 15.6. The van der Waals surface area contributed by atoms with Crippen molar-refractivity contribution in [2.45, 2.75) is 62.8 Å². The van der Waals surface area contributed by atoms with Gasteiger partial charge < -0.3 is 24.8 Å². The van der Waals surface area contributed by atoms with Crippen molar-refractivity contribution in [1.29, 1.82) is 0 Å². The average molecular weight is 298 g/mol. The van der Waals surface area contributed by atoms with Gasteiger partial charge in [-0.05, 0) is 13.3 Å². The average Bonchev–Trinajstić information content (AvgIpc) is 2.73. The minimum Gasteiger partial charge on any atom is -0.459 e. The zero-order valence-electron chi connectivity index (χ0n) is 12.3. The molecule has 0 aromatic carbocycles. The molecule has 7 atom stereocenters. The third-order valence-electron chi connectivity index (χ3n) is 4.94. The van der Waals surface area contributed by atoms with Crippen LogP contribution in [0.5, 0.6) is 0 Å². The van der Waals surface area contributed by atoms with E-state index in [9.17, 15) is 20.1 Å². The zero-order valence-corrected chi connectivity index (χ0v) is 12.3. The number of aliphatic hydroxyl groups is 3. The summed E-state index contributed by atoms with van der Waals surface area (Å²) >= 11 is 0. The lowest BCUT2D eigenvalue weighted by Crippen LogP contribution is -2.48. The normalized spacial score (nSPS) is 53.7. The van der Waals surface area contributed by atoms with E-state index in [0.717, 1.165) is 0 Å². The molecule has 6 nitrogen and oxygen atoms in total. The Morgan fingerprint density at radius 3 is 2.71 bits per heavy atom. The highest BCUT2D eigenvalue weighted by molar-refractivity contribution is 5.75. The molecule has 6 heteroatoms. The molecule has 0 aromatic rings. The summed E-state index contributed by atoms with van der Waals surface area (Å²) in [5.41, 5.74) is -0.701. The summed E-state index contributed by atoms with van der Waals surface area (Å²) in [7, 11) is 0. The van der Waals surface area contributed by atoms with E-state index >= 15 is 0 Å². The van der Waals surface area contributed by atoms with Crippen molar-refractivity contribution >= 4 is 5.97 Å². The molecule has 0 radical (unpaired) electrons. The predicted molar refractivity (Wildman–Crippen MR) is 72.0 cm³/mol. The van der Waals surface area contributed by atoms with Gasteiger partial charge >= 0.3 is 5.97 Å². The first-order valence-corrected chi connectivity index (χ1v) is 7.31. The summed E-state index contributed by atoms with van der Waals surface area (Å²) in [5.74, 6) is -2.90. The van der Waals surface area contributed by atoms with Gasteiger partial charge in [-0.2, -0.15) is 0 Å². The first-order valence-electron chi connectivity index (χ1n) is 7.31. The van der Waals surface area contributed by atoms with Crippen LogP contribution in [0.25, 0.3) is 0 Å². The molecule has 3 aliphatic rings. The van der Waals surface area contributed by atoms with E-state index in [1.807, 2.05) is 0 Å². The fourth-order valence-electron chi connectivity index (χ4n) is 4.06. The van der Waals surface area contributed by atoms with Crippen LogP contribution < -0.4 is 0 Å². The molecule has 0 aromatic heterocycles. The maximum atomic E-state index is 11.9. The Labute approximate surface area is 123 Å². The van der Waals surface area contributed by atoms with E-state index in [1.54, 1.807) is 13.8 Å². The Morgan fingerprint density at radius 2 is 2.05 bits per heavy atom. The molecule has 3 N–H and O–H groups in total. The monoisotopic (exact) mass is 298 g/mol. The third-order valence-corrected chi connectivity index (χ3v) is 4.94. The second-order valence-corrected chi connectivity index (χ2v) is 6.98. The summed E-state index contributed by atoms with van der Waals surface area (Å²) < 4.78 is 11.0. The van der Waals surface area contributed by atoms with Crippen molar-refractivity contribution in [3.8, 4) is 0 Å². The summed E-state index contributed by atoms with van der Waals surface area (Å²) in [4.78, 5) is 11.9. The van der Waals surface area contributed by atoms with Crippen LogP contribution >= 0.6 is 0 Å². The highest BCUT2D eigenvalue weighted by atomic mass is 16.7. The molecule has 3 saturated heterocycles. The lowest BCUT2D eigenvalue weighted by atomic mass is 9.77. The molecule has 3 heterocycles. The number of esters is 1. The van der Waals surface area contributed by atoms with E-state index in [0.29, 0.717) is 5.57 Å². The summed E-state index contributed by atoms with van der Waals surface area (Å²) in [6.07, 6.45) is -1.98. The van der Waals surface area contributed by atoms with Crippen molar-refractivity contribution in [3.63, 3.8) is 0 Å². The lowest BCUT2D eigenvalue weighted by Gasteiger charge is -2.33. The van der Waals surface area contributed by atoms with Crippen LogP contribution in [0.2, 0.25) is 0 Å². The first-order chi connectivity index (χ1) is 9.63. The van der Waals surface area contributed by atoms with Crippen LogP contribution in [0.1, 0.15) is 33.1 Å². The Balaban J connectivity index is 2.03. The minimum atomic E-state index is -1.53. The number of aliphatic hydroxyl groups excluding tert-OH is 1. The SMILES string of the molecule is C=C1C[C@H](O)[C@@H]2[C@H](OC(=O)[C@H]2C)[C@H]2O[C@@](O)(C1)C[C@@]2(C)O. The van der Waals surface area contributed by atoms with E-state index in [4.69, 9.17) is 9.47 Å². The lowest BCUT2D eigenvalue weighted by molar-refractivity contribution is -0.215. The maximum absolute atomic E-state index is 11.9. The van der Waals surface area contributed by atoms with Crippen molar-refractivity contribution in [2.75, 3.05) is 0 Å². The summed E-state index contributed by atoms with van der Waals surface area (Å²) in [6, 6.07) is 0. The molecular weight excluding hydrogens is 276 g/mol. The van der Waals surface area contributed by atoms with Crippen molar-refractivity contribution in [1.82, 2.24) is 0 Å². The topological polar surface area (TPSA) is 96.2 Å². The number of hydrogen-bond acceptors (Lipinski definition) is 6. The second kappa shape index (κ2) is 4.52. The van der Waals surface area contributed by atoms with Crippen molar-refractivity contribution in [2.24, 2.45) is 11.8 Å². The smallest absolute Gasteiger partial charge is 0.309 e. The second-order valence-electron chi connectivity index (χ2n) is 6.98. The first kappa shape index (κ1) is 15.0. The maximum Gasteiger partial charge on any atom is 0.309 e. The summed E-state index contributed by atoms with van der Waals surface area (Å²) in [6.45, 7) is 7.13. The molecule has 3 fully saturated rings. The van der Waals surface area contributed by atoms with Crippen LogP contribution in [-0.2, 0) is 14.3 Å². The van der Waals surface area contributed by atoms with Gasteiger partial charge in [-0.3, -0.25) is 4.79 Å². The Bertz CT molecular complexity index is 487. The number of carbonyl (C=O) groups excluding carboxylic acids is 1. The molecule has 0 spiro atoms. The van der Waals surface area contributed by atoms with Gasteiger partial charge in [0.25, 0.3) is 0 Å². The molecule has 2 bridgehead atoms. The number of carbonyl (C=O) groups is 1. The molecule has 0 saturated carbocycles. The highest BCUT2D eigenvalue weighted by Crippen LogP contribution is 2.48. The Morgan fingerprint density at radius 1 is 1.38 bits per heavy atom. The van der Waals surface area contributed by atoms with Crippen LogP contribution in [0, 0.1) is 11.8 Å². The molecule has 0 amide bonds. The van der Waals surface area contributed by atoms with Gasteiger partial charge in [-0.1, -0.05) is 19.1 Å². The minimum absolute atomic E-state index is 0.0228. The van der Waals surface area contributed by atoms with Gasteiger partial charge in [0, 0.05) is 18.8 Å². The Hall–Kier alpha value is -0.950. The fraction of sp³-hybridized carbons (Fsp3) is 0.800. The molecular formula is C15H22O6. The van der Waals surface area contributed by atoms with Gasteiger partial charge in [-0.15, -0.1) is 0 Å². The van der Waals surface area contributed by atoms with Crippen LogP contribution in [0.15, 0.2) is 12.2 Å². The number of fused-ring (bicyclic) bond motifs is 4. The third kappa shape index (κ3) is 2.30. The van der Waals surface area contributed by atoms with Crippen molar-refractivity contribution in [3.05, 3.63) is 12.2 Å². The molecule has 0 aliphatic carbocycles. The van der Waals surface area contributed by atoms with Crippen molar-refractivity contribution < 1.29 is 29.6 Å². The van der Waals surface area contributed by atoms with Crippen LogP contribution in [-0.4, -0.2) is 51.0 Å². The molecule has 3 aliphatic heterocycles. The molecule has 118 valence electrons. The van der Waals surface area contributed by atoms with E-state index in [-0.39, 0.29) is 19.3 Å². The van der Waals surface area contributed by atoms with Crippen LogP contribution in [0.3, 0.4) is 0 Å². The van der Waals surface area contributed by atoms with Gasteiger partial charge in [-0.25, -0.2) is 0 Å². The van der Waals surface area contributed by atoms with Gasteiger partial charge in [0.15, 0.2) is 5.79 Å². The number of hydrogen-bond donors (Lipinski definition) is 3. The fourth-order valence-corrected chi connectivity index (χ4v) is 4.06. The van der Waals surface area contributed by atoms with Gasteiger partial charge in [0.1, 0.15) is 12.2 Å². The van der Waals surface area contributed by atoms with E-state index in [1.165, 1.54) is 0 Å².